The first-order valence-electron chi connectivity index (χ1n) is 3.74. The second-order valence-electron chi connectivity index (χ2n) is 3.12. The average Bonchev–Trinajstić information content (AvgIpc) is 2.34. The van der Waals surface area contributed by atoms with Crippen LogP contribution in [0.3, 0.4) is 0 Å². The summed E-state index contributed by atoms with van der Waals surface area (Å²) in [7, 11) is 0. The molecule has 1 heteroatoms. The molecule has 0 aliphatic heterocycles. The molecule has 1 saturated carbocycles. The van der Waals surface area contributed by atoms with E-state index in [1.54, 1.807) is 0 Å². The van der Waals surface area contributed by atoms with Gasteiger partial charge in [0.25, 0.3) is 0 Å². The topological polar surface area (TPSA) is 17.1 Å². The molecule has 0 amide bonds. The third-order valence-electron chi connectivity index (χ3n) is 2.21. The molecule has 2 atom stereocenters. The summed E-state index contributed by atoms with van der Waals surface area (Å²) in [6.07, 6.45) is 8.17. The minimum Gasteiger partial charge on any atom is -0.285 e. The maximum absolute atomic E-state index is 10.9. The monoisotopic (exact) mass is 136 g/mol. The van der Waals surface area contributed by atoms with Crippen LogP contribution in [-0.4, -0.2) is 5.78 Å². The van der Waals surface area contributed by atoms with Crippen LogP contribution in [0.1, 0.15) is 26.2 Å². The highest BCUT2D eigenvalue weighted by Gasteiger charge is 2.25. The van der Waals surface area contributed by atoms with Gasteiger partial charge >= 0.3 is 0 Å². The molecule has 1 aliphatic carbocycles. The minimum atomic E-state index is 0.00403. The highest BCUT2D eigenvalue weighted by molar-refractivity contribution is 5.96. The third kappa shape index (κ3) is 1.39. The van der Waals surface area contributed by atoms with Gasteiger partial charge in [-0.05, 0) is 31.1 Å². The zero-order chi connectivity index (χ0) is 7.56. The molecule has 0 aromatic carbocycles. The first kappa shape index (κ1) is 7.34. The van der Waals surface area contributed by atoms with Crippen LogP contribution in [0, 0.1) is 24.2 Å². The van der Waals surface area contributed by atoms with E-state index in [0.717, 1.165) is 19.3 Å². The summed E-state index contributed by atoms with van der Waals surface area (Å²) in [6, 6.07) is 0. The third-order valence-corrected chi connectivity index (χ3v) is 2.21. The zero-order valence-corrected chi connectivity index (χ0v) is 6.26. The molecule has 1 rings (SSSR count). The Balaban J connectivity index is 2.47. The summed E-state index contributed by atoms with van der Waals surface area (Å²) in [4.78, 5) is 10.9. The molecule has 1 fully saturated rings. The van der Waals surface area contributed by atoms with Crippen molar-refractivity contribution in [3.05, 3.63) is 0 Å². The number of hydrogen-bond acceptors (Lipinski definition) is 1. The second kappa shape index (κ2) is 2.88. The number of Topliss-reactive ketones (excluding diaryl/α,β-unsaturated/α-hetero) is 1. The largest absolute Gasteiger partial charge is 0.285 e. The van der Waals surface area contributed by atoms with E-state index >= 15 is 0 Å². The molecule has 0 saturated heterocycles. The molecular formula is C9H12O. The Morgan fingerprint density at radius 3 is 2.70 bits per heavy atom. The van der Waals surface area contributed by atoms with Crippen molar-refractivity contribution in [1.82, 2.24) is 0 Å². The van der Waals surface area contributed by atoms with Gasteiger partial charge in [-0.1, -0.05) is 6.92 Å². The Morgan fingerprint density at radius 2 is 2.30 bits per heavy atom. The van der Waals surface area contributed by atoms with Crippen molar-refractivity contribution in [2.75, 3.05) is 0 Å². The Kier molecular flexibility index (Phi) is 2.11. The first-order valence-corrected chi connectivity index (χ1v) is 3.74. The van der Waals surface area contributed by atoms with Gasteiger partial charge in [-0.3, -0.25) is 4.79 Å². The molecule has 2 unspecified atom stereocenters. The first-order chi connectivity index (χ1) is 4.74. The summed E-state index contributed by atoms with van der Waals surface area (Å²) >= 11 is 0. The predicted octanol–water partition coefficient (Wildman–Crippen LogP) is 1.62. The fourth-order valence-electron chi connectivity index (χ4n) is 1.56. The minimum absolute atomic E-state index is 0.00403. The number of carbonyl (C=O) groups is 1. The molecule has 54 valence electrons. The zero-order valence-electron chi connectivity index (χ0n) is 6.26. The summed E-state index contributed by atoms with van der Waals surface area (Å²) in [5.41, 5.74) is 0. The van der Waals surface area contributed by atoms with Crippen molar-refractivity contribution >= 4 is 5.78 Å². The van der Waals surface area contributed by atoms with Crippen LogP contribution >= 0.6 is 0 Å². The molecule has 0 aromatic rings. The van der Waals surface area contributed by atoms with Gasteiger partial charge in [0.05, 0.1) is 0 Å². The fraction of sp³-hybridized carbons (Fsp3) is 0.667. The van der Waals surface area contributed by atoms with E-state index < -0.39 is 0 Å². The molecule has 0 N–H and O–H groups in total. The molecule has 0 spiro atoms. The van der Waals surface area contributed by atoms with Crippen molar-refractivity contribution in [3.8, 4) is 12.3 Å². The van der Waals surface area contributed by atoms with E-state index in [1.807, 2.05) is 0 Å². The van der Waals surface area contributed by atoms with Crippen molar-refractivity contribution in [3.63, 3.8) is 0 Å². The van der Waals surface area contributed by atoms with Crippen LogP contribution < -0.4 is 0 Å². The van der Waals surface area contributed by atoms with E-state index in [0.29, 0.717) is 5.92 Å². The van der Waals surface area contributed by atoms with Crippen LogP contribution in [0.5, 0.6) is 0 Å². The molecule has 1 aliphatic rings. The number of rotatable bonds is 1. The molecule has 1 nitrogen and oxygen atoms in total. The Morgan fingerprint density at radius 1 is 1.60 bits per heavy atom. The molecule has 0 heterocycles. The summed E-state index contributed by atoms with van der Waals surface area (Å²) in [5, 5.41) is 0. The van der Waals surface area contributed by atoms with Crippen LogP contribution in [0.15, 0.2) is 0 Å². The van der Waals surface area contributed by atoms with Crippen molar-refractivity contribution in [2.45, 2.75) is 26.2 Å². The lowest BCUT2D eigenvalue weighted by Gasteiger charge is -2.00. The predicted molar refractivity (Wildman–Crippen MR) is 40.3 cm³/mol. The van der Waals surface area contributed by atoms with E-state index in [1.165, 1.54) is 0 Å². The van der Waals surface area contributed by atoms with Gasteiger partial charge in [0.15, 0.2) is 0 Å². The van der Waals surface area contributed by atoms with Gasteiger partial charge in [0.2, 0.25) is 5.78 Å². The quantitative estimate of drug-likeness (QED) is 0.395. The van der Waals surface area contributed by atoms with Gasteiger partial charge < -0.3 is 0 Å². The highest BCUT2D eigenvalue weighted by Crippen LogP contribution is 2.30. The highest BCUT2D eigenvalue weighted by atomic mass is 16.1. The fourth-order valence-corrected chi connectivity index (χ4v) is 1.56. The van der Waals surface area contributed by atoms with Crippen LogP contribution in [0.25, 0.3) is 0 Å². The summed E-state index contributed by atoms with van der Waals surface area (Å²) in [6.45, 7) is 2.17. The number of carbonyl (C=O) groups excluding carboxylic acids is 1. The molecule has 0 radical (unpaired) electrons. The normalized spacial score (nSPS) is 31.6. The Labute approximate surface area is 61.8 Å². The van der Waals surface area contributed by atoms with E-state index in [4.69, 9.17) is 6.42 Å². The lowest BCUT2D eigenvalue weighted by Crippen LogP contribution is -2.07. The maximum Gasteiger partial charge on any atom is 0.208 e. The number of ketones is 1. The van der Waals surface area contributed by atoms with Gasteiger partial charge in [-0.2, -0.15) is 0 Å². The smallest absolute Gasteiger partial charge is 0.208 e. The lowest BCUT2D eigenvalue weighted by atomic mass is 10.0. The number of terminal acetylenes is 1. The van der Waals surface area contributed by atoms with Gasteiger partial charge in [0.1, 0.15) is 0 Å². The SMILES string of the molecule is C#CC(=O)C1CCC(C)C1. The molecule has 10 heavy (non-hydrogen) atoms. The molecular weight excluding hydrogens is 124 g/mol. The van der Waals surface area contributed by atoms with Crippen LogP contribution in [-0.2, 0) is 4.79 Å². The van der Waals surface area contributed by atoms with Crippen molar-refractivity contribution < 1.29 is 4.79 Å². The summed E-state index contributed by atoms with van der Waals surface area (Å²) in [5.74, 6) is 3.07. The Hall–Kier alpha value is -0.770. The Bertz CT molecular complexity index is 176. The standard InChI is InChI=1S/C9H12O/c1-3-9(10)8-5-4-7(2)6-8/h1,7-8H,4-6H2,2H3. The van der Waals surface area contributed by atoms with Crippen molar-refractivity contribution in [1.29, 1.82) is 0 Å². The van der Waals surface area contributed by atoms with Gasteiger partial charge in [-0.25, -0.2) is 0 Å². The molecule has 0 bridgehead atoms. The van der Waals surface area contributed by atoms with Crippen LogP contribution in [0.4, 0.5) is 0 Å². The van der Waals surface area contributed by atoms with E-state index in [9.17, 15) is 4.79 Å². The van der Waals surface area contributed by atoms with Crippen molar-refractivity contribution in [2.24, 2.45) is 11.8 Å². The molecule has 0 aromatic heterocycles. The summed E-state index contributed by atoms with van der Waals surface area (Å²) < 4.78 is 0. The van der Waals surface area contributed by atoms with Crippen LogP contribution in [0.2, 0.25) is 0 Å². The number of hydrogen-bond donors (Lipinski definition) is 0. The van der Waals surface area contributed by atoms with E-state index in [-0.39, 0.29) is 11.7 Å². The van der Waals surface area contributed by atoms with Gasteiger partial charge in [0, 0.05) is 5.92 Å². The second-order valence-corrected chi connectivity index (χ2v) is 3.12. The average molecular weight is 136 g/mol. The van der Waals surface area contributed by atoms with Gasteiger partial charge in [-0.15, -0.1) is 6.42 Å². The maximum atomic E-state index is 10.9. The lowest BCUT2D eigenvalue weighted by molar-refractivity contribution is -0.117. The van der Waals surface area contributed by atoms with E-state index in [2.05, 4.69) is 12.8 Å².